The first kappa shape index (κ1) is 33.5. The molecule has 4 rings (SSSR count). The number of carbonyl (C=O) groups is 2. The van der Waals surface area contributed by atoms with Gasteiger partial charge in [-0.05, 0) is 79.1 Å². The summed E-state index contributed by atoms with van der Waals surface area (Å²) in [5, 5.41) is 5.95. The Kier molecular flexibility index (Phi) is 11.9. The molecule has 0 radical (unpaired) electrons. The minimum Gasteiger partial charge on any atom is -0.494 e. The van der Waals surface area contributed by atoms with Crippen molar-refractivity contribution >= 4 is 27.9 Å². The van der Waals surface area contributed by atoms with Crippen LogP contribution in [-0.4, -0.2) is 50.5 Å². The van der Waals surface area contributed by atoms with Gasteiger partial charge in [-0.2, -0.15) is 0 Å². The van der Waals surface area contributed by atoms with Crippen molar-refractivity contribution in [3.05, 3.63) is 88.4 Å². The molecule has 0 spiro atoms. The molecule has 0 aliphatic heterocycles. The van der Waals surface area contributed by atoms with Crippen LogP contribution in [-0.2, 0) is 14.3 Å². The first-order valence-electron chi connectivity index (χ1n) is 15.5. The number of benzene rings is 3. The van der Waals surface area contributed by atoms with Crippen LogP contribution in [0.1, 0.15) is 70.4 Å². The summed E-state index contributed by atoms with van der Waals surface area (Å²) < 4.78 is 18.7. The molecule has 1 aliphatic carbocycles. The molecule has 0 fully saturated rings. The fraction of sp³-hybridized carbons (Fsp3) is 0.444. The molecule has 0 heterocycles. The number of amides is 2. The fourth-order valence-electron chi connectivity index (χ4n) is 5.24. The summed E-state index contributed by atoms with van der Waals surface area (Å²) in [4.78, 5) is 25.6. The zero-order valence-electron chi connectivity index (χ0n) is 26.3. The van der Waals surface area contributed by atoms with Gasteiger partial charge in [-0.3, -0.25) is 4.79 Å². The zero-order valence-corrected chi connectivity index (χ0v) is 27.9. The van der Waals surface area contributed by atoms with Crippen molar-refractivity contribution in [2.75, 3.05) is 32.9 Å². The van der Waals surface area contributed by atoms with Gasteiger partial charge >= 0.3 is 6.09 Å². The molecule has 0 saturated heterocycles. The Morgan fingerprint density at radius 3 is 2.11 bits per heavy atom. The molecule has 3 aromatic carbocycles. The van der Waals surface area contributed by atoms with Gasteiger partial charge < -0.3 is 24.8 Å². The molecule has 0 aromatic heterocycles. The largest absolute Gasteiger partial charge is 0.494 e. The minimum atomic E-state index is -0.581. The van der Waals surface area contributed by atoms with Gasteiger partial charge in [0.15, 0.2) is 0 Å². The van der Waals surface area contributed by atoms with E-state index in [4.69, 9.17) is 14.2 Å². The van der Waals surface area contributed by atoms with E-state index in [-0.39, 0.29) is 18.4 Å². The quantitative estimate of drug-likeness (QED) is 0.152. The summed E-state index contributed by atoms with van der Waals surface area (Å²) in [7, 11) is 0. The van der Waals surface area contributed by atoms with E-state index in [1.807, 2.05) is 76.2 Å². The van der Waals surface area contributed by atoms with Crippen LogP contribution in [0.2, 0.25) is 0 Å². The van der Waals surface area contributed by atoms with Crippen LogP contribution in [0.25, 0.3) is 11.1 Å². The Balaban J connectivity index is 1.14. The Morgan fingerprint density at radius 2 is 1.48 bits per heavy atom. The Hall–Kier alpha value is -3.36. The third-order valence-electron chi connectivity index (χ3n) is 8.43. The van der Waals surface area contributed by atoms with Gasteiger partial charge in [-0.1, -0.05) is 85.2 Å². The van der Waals surface area contributed by atoms with E-state index >= 15 is 0 Å². The summed E-state index contributed by atoms with van der Waals surface area (Å²) >= 11 is 3.42. The predicted octanol–water partition coefficient (Wildman–Crippen LogP) is 7.86. The number of ether oxygens (including phenoxy) is 3. The number of rotatable bonds is 16. The highest BCUT2D eigenvalue weighted by Gasteiger charge is 2.31. The van der Waals surface area contributed by atoms with Crippen LogP contribution in [0.15, 0.2) is 77.3 Å². The van der Waals surface area contributed by atoms with E-state index in [1.165, 1.54) is 22.3 Å². The van der Waals surface area contributed by atoms with E-state index in [2.05, 4.69) is 50.8 Å². The number of hydrogen-bond donors (Lipinski definition) is 2. The van der Waals surface area contributed by atoms with Crippen molar-refractivity contribution in [2.45, 2.75) is 64.9 Å². The summed E-state index contributed by atoms with van der Waals surface area (Å²) in [5.74, 6) is 0.858. The topological polar surface area (TPSA) is 85.9 Å². The highest BCUT2D eigenvalue weighted by molar-refractivity contribution is 9.10. The number of unbranched alkanes of at least 4 members (excludes halogenated alkanes) is 1. The van der Waals surface area contributed by atoms with Crippen LogP contribution in [0.5, 0.6) is 5.75 Å². The molecule has 236 valence electrons. The average molecular weight is 666 g/mol. The van der Waals surface area contributed by atoms with Gasteiger partial charge in [-0.25, -0.2) is 4.79 Å². The minimum absolute atomic E-state index is 0.00453. The van der Waals surface area contributed by atoms with Crippen LogP contribution in [0.4, 0.5) is 4.79 Å². The molecule has 3 aromatic rings. The maximum Gasteiger partial charge on any atom is 0.407 e. The lowest BCUT2D eigenvalue weighted by Crippen LogP contribution is -2.44. The monoisotopic (exact) mass is 664 g/mol. The summed E-state index contributed by atoms with van der Waals surface area (Å²) in [5.41, 5.74) is 3.60. The summed E-state index contributed by atoms with van der Waals surface area (Å²) in [6.07, 6.45) is 2.49. The number of nitrogens with one attached hydrogen (secondary N) is 2. The van der Waals surface area contributed by atoms with Gasteiger partial charge in [0.1, 0.15) is 12.4 Å². The average Bonchev–Trinajstić information content (AvgIpc) is 3.35. The van der Waals surface area contributed by atoms with Gasteiger partial charge in [0.05, 0.1) is 12.2 Å². The molecule has 1 aliphatic rings. The third-order valence-corrected chi connectivity index (χ3v) is 8.96. The number of halogens is 1. The van der Waals surface area contributed by atoms with E-state index in [1.54, 1.807) is 0 Å². The molecule has 0 saturated carbocycles. The second-order valence-electron chi connectivity index (χ2n) is 12.2. The maximum atomic E-state index is 12.8. The second kappa shape index (κ2) is 15.6. The normalized spacial score (nSPS) is 13.8. The van der Waals surface area contributed by atoms with Crippen molar-refractivity contribution < 1.29 is 23.8 Å². The van der Waals surface area contributed by atoms with Gasteiger partial charge in [0, 0.05) is 35.5 Å². The third kappa shape index (κ3) is 9.08. The highest BCUT2D eigenvalue weighted by Crippen LogP contribution is 2.44. The molecule has 2 N–H and O–H groups in total. The van der Waals surface area contributed by atoms with Crippen molar-refractivity contribution in [2.24, 2.45) is 5.41 Å². The Bertz CT molecular complexity index is 1350. The fourth-order valence-corrected chi connectivity index (χ4v) is 5.51. The van der Waals surface area contributed by atoms with Crippen LogP contribution in [0.3, 0.4) is 0 Å². The van der Waals surface area contributed by atoms with E-state index in [0.29, 0.717) is 39.1 Å². The lowest BCUT2D eigenvalue weighted by Gasteiger charge is -2.31. The number of fused-ring (bicyclic) bond motifs is 3. The summed E-state index contributed by atoms with van der Waals surface area (Å²) in [6.45, 7) is 10.1. The van der Waals surface area contributed by atoms with Crippen molar-refractivity contribution in [3.63, 3.8) is 0 Å². The van der Waals surface area contributed by atoms with Crippen LogP contribution >= 0.6 is 15.9 Å². The molecule has 0 bridgehead atoms. The number of alkyl carbamates (subject to hydrolysis) is 1. The number of carbonyl (C=O) groups excluding carboxylic acids is 2. The predicted molar refractivity (Wildman–Crippen MR) is 178 cm³/mol. The van der Waals surface area contributed by atoms with Gasteiger partial charge in [-0.15, -0.1) is 0 Å². The maximum absolute atomic E-state index is 12.8. The molecule has 8 heteroatoms. The zero-order chi connectivity index (χ0) is 31.6. The molecular formula is C36H45BrN2O5. The smallest absolute Gasteiger partial charge is 0.407 e. The Labute approximate surface area is 270 Å². The lowest BCUT2D eigenvalue weighted by atomic mass is 9.88. The first-order valence-corrected chi connectivity index (χ1v) is 16.3. The standard InChI is InChI=1S/C36H45BrN2O5/c1-5-36(4,25-39-34(41)43-24-32-30-14-8-6-12-28(30)29-13-7-9-15-31(29)32)44-23-20-35(2,3)33(40)38-21-10-11-22-42-27-18-16-26(37)17-19-27/h6-9,12-19,32H,5,10-11,20-25H2,1-4H3,(H,38,40)(H,39,41). The second-order valence-corrected chi connectivity index (χ2v) is 13.1. The SMILES string of the molecule is CCC(C)(CNC(=O)OCC1c2ccccc2-c2ccccc21)OCCC(C)(C)C(=O)NCCCCOc1ccc(Br)cc1. The lowest BCUT2D eigenvalue weighted by molar-refractivity contribution is -0.131. The van der Waals surface area contributed by atoms with Crippen molar-refractivity contribution in [1.29, 1.82) is 0 Å². The Morgan fingerprint density at radius 1 is 0.841 bits per heavy atom. The molecule has 7 nitrogen and oxygen atoms in total. The molecular weight excluding hydrogens is 620 g/mol. The van der Waals surface area contributed by atoms with Crippen molar-refractivity contribution in [3.8, 4) is 16.9 Å². The van der Waals surface area contributed by atoms with Gasteiger partial charge in [0.2, 0.25) is 5.91 Å². The van der Waals surface area contributed by atoms with E-state index < -0.39 is 17.1 Å². The summed E-state index contributed by atoms with van der Waals surface area (Å²) in [6, 6.07) is 24.3. The van der Waals surface area contributed by atoms with Crippen LogP contribution < -0.4 is 15.4 Å². The first-order chi connectivity index (χ1) is 21.1. The van der Waals surface area contributed by atoms with Crippen molar-refractivity contribution in [1.82, 2.24) is 10.6 Å². The molecule has 1 atom stereocenters. The molecule has 2 amide bonds. The molecule has 1 unspecified atom stereocenters. The van der Waals surface area contributed by atoms with E-state index in [9.17, 15) is 9.59 Å². The molecule has 44 heavy (non-hydrogen) atoms. The highest BCUT2D eigenvalue weighted by atomic mass is 79.9. The van der Waals surface area contributed by atoms with Gasteiger partial charge in [0.25, 0.3) is 0 Å². The number of hydrogen-bond acceptors (Lipinski definition) is 5. The van der Waals surface area contributed by atoms with E-state index in [0.717, 1.165) is 23.1 Å². The van der Waals surface area contributed by atoms with Crippen LogP contribution in [0, 0.1) is 5.41 Å².